The predicted molar refractivity (Wildman–Crippen MR) is 122 cm³/mol. The monoisotopic (exact) mass is 438 g/mol. The fraction of sp³-hybridized carbons (Fsp3) is 0.462. The molecule has 170 valence electrons. The van der Waals surface area contributed by atoms with Gasteiger partial charge >= 0.3 is 0 Å². The third-order valence-electron chi connectivity index (χ3n) is 6.36. The van der Waals surface area contributed by atoms with E-state index < -0.39 is 0 Å². The second-order valence-electron chi connectivity index (χ2n) is 8.82. The molecule has 2 fully saturated rings. The number of nitrogens with zero attached hydrogens (tertiary/aromatic N) is 1. The number of hydrogen-bond acceptors (Lipinski definition) is 3. The van der Waals surface area contributed by atoms with Crippen LogP contribution in [-0.2, 0) is 27.3 Å². The van der Waals surface area contributed by atoms with E-state index in [4.69, 9.17) is 4.74 Å². The first-order valence-corrected chi connectivity index (χ1v) is 11.6. The van der Waals surface area contributed by atoms with Gasteiger partial charge < -0.3 is 15.0 Å². The first-order valence-electron chi connectivity index (χ1n) is 11.6. The van der Waals surface area contributed by atoms with Gasteiger partial charge in [0, 0.05) is 24.8 Å². The van der Waals surface area contributed by atoms with Gasteiger partial charge in [0.2, 0.25) is 11.8 Å². The van der Waals surface area contributed by atoms with Crippen LogP contribution in [0.5, 0.6) is 0 Å². The van der Waals surface area contributed by atoms with Gasteiger partial charge in [-0.2, -0.15) is 0 Å². The topological polar surface area (TPSA) is 58.6 Å². The van der Waals surface area contributed by atoms with Crippen LogP contribution in [-0.4, -0.2) is 31.1 Å². The Morgan fingerprint density at radius 2 is 1.78 bits per heavy atom. The summed E-state index contributed by atoms with van der Waals surface area (Å²) in [6.07, 6.45) is 6.35. The Morgan fingerprint density at radius 3 is 2.50 bits per heavy atom. The van der Waals surface area contributed by atoms with Crippen LogP contribution in [0.3, 0.4) is 0 Å². The van der Waals surface area contributed by atoms with E-state index in [-0.39, 0.29) is 36.1 Å². The second kappa shape index (κ2) is 10.7. The fourth-order valence-corrected chi connectivity index (χ4v) is 4.58. The molecule has 2 aromatic rings. The zero-order chi connectivity index (χ0) is 22.3. The summed E-state index contributed by atoms with van der Waals surface area (Å²) in [6, 6.07) is 13.9. The van der Waals surface area contributed by atoms with E-state index in [0.717, 1.165) is 61.9 Å². The summed E-state index contributed by atoms with van der Waals surface area (Å²) in [4.78, 5) is 27.6. The van der Waals surface area contributed by atoms with Crippen molar-refractivity contribution < 1.29 is 18.7 Å². The highest BCUT2D eigenvalue weighted by atomic mass is 19.1. The molecule has 1 heterocycles. The SMILES string of the molecule is O=C(Cc1cccc(N(Cc2ccc(F)cc2)C(=O)C2CCCC2)c1)NCC1CCCO1. The quantitative estimate of drug-likeness (QED) is 0.665. The Morgan fingerprint density at radius 1 is 1.00 bits per heavy atom. The van der Waals surface area contributed by atoms with Gasteiger partial charge in [-0.05, 0) is 61.1 Å². The smallest absolute Gasteiger partial charge is 0.230 e. The van der Waals surface area contributed by atoms with Crippen LogP contribution in [0.25, 0.3) is 0 Å². The summed E-state index contributed by atoms with van der Waals surface area (Å²) in [7, 11) is 0. The Kier molecular flexibility index (Phi) is 7.53. The van der Waals surface area contributed by atoms with Crippen LogP contribution in [0, 0.1) is 11.7 Å². The van der Waals surface area contributed by atoms with Crippen molar-refractivity contribution >= 4 is 17.5 Å². The predicted octanol–water partition coefficient (Wildman–Crippen LogP) is 4.39. The Labute approximate surface area is 188 Å². The molecule has 6 heteroatoms. The van der Waals surface area contributed by atoms with Crippen molar-refractivity contribution in [2.75, 3.05) is 18.1 Å². The average Bonchev–Trinajstić information content (AvgIpc) is 3.51. The lowest BCUT2D eigenvalue weighted by Crippen LogP contribution is -2.35. The highest BCUT2D eigenvalue weighted by Crippen LogP contribution is 2.30. The van der Waals surface area contributed by atoms with E-state index in [2.05, 4.69) is 5.32 Å². The van der Waals surface area contributed by atoms with E-state index in [1.807, 2.05) is 24.3 Å². The molecule has 1 aliphatic heterocycles. The molecule has 5 nitrogen and oxygen atoms in total. The summed E-state index contributed by atoms with van der Waals surface area (Å²) in [5, 5.41) is 2.95. The van der Waals surface area contributed by atoms with Crippen molar-refractivity contribution in [3.63, 3.8) is 0 Å². The van der Waals surface area contributed by atoms with Crippen molar-refractivity contribution in [1.29, 1.82) is 0 Å². The number of carbonyl (C=O) groups is 2. The van der Waals surface area contributed by atoms with Gasteiger partial charge in [0.1, 0.15) is 5.82 Å². The van der Waals surface area contributed by atoms with E-state index in [9.17, 15) is 14.0 Å². The molecular formula is C26H31FN2O3. The maximum atomic E-state index is 13.4. The molecule has 0 radical (unpaired) electrons. The minimum atomic E-state index is -0.293. The molecule has 1 aliphatic carbocycles. The van der Waals surface area contributed by atoms with Gasteiger partial charge in [-0.15, -0.1) is 0 Å². The normalized spacial score (nSPS) is 18.6. The number of hydrogen-bond donors (Lipinski definition) is 1. The van der Waals surface area contributed by atoms with Gasteiger partial charge in [0.15, 0.2) is 0 Å². The fourth-order valence-electron chi connectivity index (χ4n) is 4.58. The number of benzene rings is 2. The lowest BCUT2D eigenvalue weighted by molar-refractivity contribution is -0.122. The number of halogens is 1. The molecule has 0 bridgehead atoms. The van der Waals surface area contributed by atoms with Crippen molar-refractivity contribution in [3.8, 4) is 0 Å². The third kappa shape index (κ3) is 5.94. The van der Waals surface area contributed by atoms with E-state index in [1.165, 1.54) is 12.1 Å². The molecule has 2 aliphatic rings. The van der Waals surface area contributed by atoms with E-state index in [1.54, 1.807) is 17.0 Å². The number of rotatable bonds is 8. The molecule has 4 rings (SSSR count). The maximum absolute atomic E-state index is 13.4. The Bertz CT molecular complexity index is 919. The van der Waals surface area contributed by atoms with Gasteiger partial charge in [-0.1, -0.05) is 37.1 Å². The average molecular weight is 439 g/mol. The van der Waals surface area contributed by atoms with Crippen molar-refractivity contribution in [1.82, 2.24) is 5.32 Å². The molecule has 0 spiro atoms. The van der Waals surface area contributed by atoms with Gasteiger partial charge in [0.05, 0.1) is 19.1 Å². The van der Waals surface area contributed by atoms with Crippen LogP contribution in [0.4, 0.5) is 10.1 Å². The standard InChI is InChI=1S/C26H31FN2O3/c27-22-12-10-19(11-13-22)18-29(26(31)21-6-1-2-7-21)23-8-3-5-20(15-23)16-25(30)28-17-24-9-4-14-32-24/h3,5,8,10-13,15,21,24H,1-2,4,6-7,9,14,16-18H2,(H,28,30). The molecule has 2 aromatic carbocycles. The summed E-state index contributed by atoms with van der Waals surface area (Å²) in [6.45, 7) is 1.68. The van der Waals surface area contributed by atoms with Crippen LogP contribution < -0.4 is 10.2 Å². The number of amides is 2. The minimum Gasteiger partial charge on any atom is -0.376 e. The number of carbonyl (C=O) groups excluding carboxylic acids is 2. The molecule has 1 atom stereocenters. The van der Waals surface area contributed by atoms with E-state index in [0.29, 0.717) is 13.1 Å². The first-order chi connectivity index (χ1) is 15.6. The molecular weight excluding hydrogens is 407 g/mol. The van der Waals surface area contributed by atoms with Crippen molar-refractivity contribution in [3.05, 3.63) is 65.5 Å². The van der Waals surface area contributed by atoms with Gasteiger partial charge in [-0.3, -0.25) is 9.59 Å². The first kappa shape index (κ1) is 22.5. The minimum absolute atomic E-state index is 0.0221. The van der Waals surface area contributed by atoms with E-state index >= 15 is 0 Å². The molecule has 1 N–H and O–H groups in total. The molecule has 1 saturated carbocycles. The highest BCUT2D eigenvalue weighted by Gasteiger charge is 2.28. The summed E-state index contributed by atoms with van der Waals surface area (Å²) < 4.78 is 18.9. The molecule has 32 heavy (non-hydrogen) atoms. The zero-order valence-electron chi connectivity index (χ0n) is 18.4. The number of nitrogens with one attached hydrogen (secondary N) is 1. The molecule has 1 unspecified atom stereocenters. The highest BCUT2D eigenvalue weighted by molar-refractivity contribution is 5.95. The maximum Gasteiger partial charge on any atom is 0.230 e. The van der Waals surface area contributed by atoms with Crippen molar-refractivity contribution in [2.45, 2.75) is 57.6 Å². The van der Waals surface area contributed by atoms with Crippen LogP contribution in [0.15, 0.2) is 48.5 Å². The summed E-state index contributed by atoms with van der Waals surface area (Å²) in [5.41, 5.74) is 2.50. The van der Waals surface area contributed by atoms with Gasteiger partial charge in [-0.25, -0.2) is 4.39 Å². The lowest BCUT2D eigenvalue weighted by Gasteiger charge is -2.26. The summed E-state index contributed by atoms with van der Waals surface area (Å²) >= 11 is 0. The van der Waals surface area contributed by atoms with Crippen LogP contribution in [0.2, 0.25) is 0 Å². The largest absolute Gasteiger partial charge is 0.376 e. The summed E-state index contributed by atoms with van der Waals surface area (Å²) in [5.74, 6) is -0.219. The van der Waals surface area contributed by atoms with Crippen LogP contribution >= 0.6 is 0 Å². The van der Waals surface area contributed by atoms with Crippen molar-refractivity contribution in [2.24, 2.45) is 5.92 Å². The van der Waals surface area contributed by atoms with Crippen LogP contribution in [0.1, 0.15) is 49.7 Å². The van der Waals surface area contributed by atoms with Gasteiger partial charge in [0.25, 0.3) is 0 Å². The molecule has 0 aromatic heterocycles. The number of anilines is 1. The third-order valence-corrected chi connectivity index (χ3v) is 6.36. The molecule has 1 saturated heterocycles. The molecule has 2 amide bonds. The second-order valence-corrected chi connectivity index (χ2v) is 8.82. The lowest BCUT2D eigenvalue weighted by atomic mass is 10.0. The number of ether oxygens (including phenoxy) is 1. The zero-order valence-corrected chi connectivity index (χ0v) is 18.4. The Hall–Kier alpha value is -2.73. The Balaban J connectivity index is 1.47.